The predicted molar refractivity (Wildman–Crippen MR) is 205 cm³/mol. The van der Waals surface area contributed by atoms with Crippen molar-refractivity contribution in [1.29, 1.82) is 0 Å². The summed E-state index contributed by atoms with van der Waals surface area (Å²) in [5, 5.41) is 3.75. The topological polar surface area (TPSA) is 9.86 Å². The first kappa shape index (κ1) is 33.5. The van der Waals surface area contributed by atoms with E-state index in [2.05, 4.69) is 4.57 Å². The van der Waals surface area contributed by atoms with Crippen LogP contribution in [0.1, 0.15) is 22.3 Å². The van der Waals surface area contributed by atoms with Gasteiger partial charge < -0.3 is 9.13 Å². The van der Waals surface area contributed by atoms with Crippen molar-refractivity contribution >= 4 is 43.6 Å². The van der Waals surface area contributed by atoms with Gasteiger partial charge in [0, 0.05) is 32.7 Å². The lowest BCUT2D eigenvalue weighted by Crippen LogP contribution is -2.11. The molecule has 0 aliphatic heterocycles. The van der Waals surface area contributed by atoms with Crippen LogP contribution < -0.4 is 0 Å². The fourth-order valence-corrected chi connectivity index (χ4v) is 8.29. The van der Waals surface area contributed by atoms with Gasteiger partial charge in [0.2, 0.25) is 0 Å². The molecule has 2 heterocycles. The molecule has 54 heavy (non-hydrogen) atoms. The van der Waals surface area contributed by atoms with Crippen LogP contribution >= 0.6 is 0 Å². The number of aromatic nitrogens is 2. The summed E-state index contributed by atoms with van der Waals surface area (Å²) in [7, 11) is 0. The van der Waals surface area contributed by atoms with E-state index in [9.17, 15) is 26.3 Å². The molecule has 0 saturated heterocycles. The number of rotatable bonds is 4. The first-order valence-corrected chi connectivity index (χ1v) is 17.4. The van der Waals surface area contributed by atoms with Crippen LogP contribution in [0.4, 0.5) is 26.3 Å². The van der Waals surface area contributed by atoms with Crippen LogP contribution in [0.2, 0.25) is 0 Å². The molecule has 0 unspecified atom stereocenters. The number of nitrogens with zero attached hydrogens (tertiary/aromatic N) is 2. The number of alkyl halides is 6. The van der Waals surface area contributed by atoms with Gasteiger partial charge in [0.15, 0.2) is 0 Å². The van der Waals surface area contributed by atoms with E-state index in [1.165, 1.54) is 12.1 Å². The molecule has 0 spiro atoms. The molecule has 9 aromatic rings. The molecule has 0 amide bonds. The van der Waals surface area contributed by atoms with Crippen LogP contribution in [-0.2, 0) is 12.4 Å². The maximum Gasteiger partial charge on any atom is 0.416 e. The van der Waals surface area contributed by atoms with Gasteiger partial charge in [0.1, 0.15) is 0 Å². The van der Waals surface area contributed by atoms with E-state index >= 15 is 0 Å². The van der Waals surface area contributed by atoms with Crippen molar-refractivity contribution in [3.8, 4) is 33.6 Å². The van der Waals surface area contributed by atoms with Crippen LogP contribution in [0.5, 0.6) is 0 Å². The predicted octanol–water partition coefficient (Wildman–Crippen LogP) is 13.9. The molecular formula is C46H30F6N2. The molecule has 266 valence electrons. The first-order chi connectivity index (χ1) is 25.9. The van der Waals surface area contributed by atoms with Gasteiger partial charge in [-0.3, -0.25) is 0 Å². The van der Waals surface area contributed by atoms with Gasteiger partial charge in [-0.1, -0.05) is 97.1 Å². The van der Waals surface area contributed by atoms with Gasteiger partial charge in [-0.25, -0.2) is 0 Å². The molecule has 0 saturated carbocycles. The number of halogens is 6. The largest absolute Gasteiger partial charge is 0.416 e. The van der Waals surface area contributed by atoms with Crippen LogP contribution in [-0.4, -0.2) is 9.13 Å². The third kappa shape index (κ3) is 5.11. The summed E-state index contributed by atoms with van der Waals surface area (Å²) >= 11 is 0. The normalized spacial score (nSPS) is 12.4. The molecular weight excluding hydrogens is 695 g/mol. The van der Waals surface area contributed by atoms with Crippen LogP contribution in [0, 0.1) is 13.8 Å². The molecule has 0 aliphatic carbocycles. The van der Waals surface area contributed by atoms with Crippen LogP contribution in [0.25, 0.3) is 77.2 Å². The highest BCUT2D eigenvalue weighted by atomic mass is 19.4. The SMILES string of the molecule is Cc1c(-c2cccc(C(F)(F)F)c2)c(-n2c3ccccc3c3ccccc32)c(-c2cccc(C(F)(F)F)c2)c(C)c1-n1c2ccccc2c2ccccc21. The molecule has 0 fully saturated rings. The van der Waals surface area contributed by atoms with Crippen molar-refractivity contribution in [2.45, 2.75) is 26.2 Å². The Kier molecular flexibility index (Phi) is 7.54. The Morgan fingerprint density at radius 3 is 1.02 bits per heavy atom. The molecule has 2 aromatic heterocycles. The Labute approximate surface area is 306 Å². The van der Waals surface area contributed by atoms with Gasteiger partial charge in [-0.05, 0) is 84.6 Å². The van der Waals surface area contributed by atoms with Gasteiger partial charge in [-0.15, -0.1) is 0 Å². The van der Waals surface area contributed by atoms with Gasteiger partial charge >= 0.3 is 12.4 Å². The van der Waals surface area contributed by atoms with Gasteiger partial charge in [0.05, 0.1) is 44.6 Å². The maximum atomic E-state index is 14.5. The van der Waals surface area contributed by atoms with E-state index < -0.39 is 23.5 Å². The Bertz CT molecular complexity index is 2750. The van der Waals surface area contributed by atoms with E-state index in [4.69, 9.17) is 0 Å². The number of hydrogen-bond acceptors (Lipinski definition) is 0. The second-order valence-corrected chi connectivity index (χ2v) is 13.6. The summed E-state index contributed by atoms with van der Waals surface area (Å²) in [5.74, 6) is 0. The smallest absolute Gasteiger partial charge is 0.309 e. The molecule has 0 atom stereocenters. The molecule has 0 bridgehead atoms. The lowest BCUT2D eigenvalue weighted by molar-refractivity contribution is -0.138. The summed E-state index contributed by atoms with van der Waals surface area (Å²) in [4.78, 5) is 0. The zero-order valence-corrected chi connectivity index (χ0v) is 29.0. The first-order valence-electron chi connectivity index (χ1n) is 17.4. The molecule has 0 aliphatic rings. The summed E-state index contributed by atoms with van der Waals surface area (Å²) < 4.78 is 91.0. The summed E-state index contributed by atoms with van der Waals surface area (Å²) in [5.41, 5.74) is 5.64. The molecule has 0 N–H and O–H groups in total. The van der Waals surface area contributed by atoms with Crippen molar-refractivity contribution in [2.24, 2.45) is 0 Å². The van der Waals surface area contributed by atoms with Crippen molar-refractivity contribution in [2.75, 3.05) is 0 Å². The fourth-order valence-electron chi connectivity index (χ4n) is 8.29. The molecule has 9 rings (SSSR count). The zero-order valence-electron chi connectivity index (χ0n) is 29.0. The third-order valence-corrected chi connectivity index (χ3v) is 10.5. The fraction of sp³-hybridized carbons (Fsp3) is 0.0870. The number of hydrogen-bond donors (Lipinski definition) is 0. The van der Waals surface area contributed by atoms with E-state index in [0.29, 0.717) is 33.6 Å². The lowest BCUT2D eigenvalue weighted by atomic mass is 9.86. The average Bonchev–Trinajstić information content (AvgIpc) is 3.67. The summed E-state index contributed by atoms with van der Waals surface area (Å²) in [6, 6.07) is 41.6. The number of fused-ring (bicyclic) bond motifs is 6. The second kappa shape index (κ2) is 12.1. The lowest BCUT2D eigenvalue weighted by Gasteiger charge is -2.28. The molecule has 0 radical (unpaired) electrons. The van der Waals surface area contributed by atoms with E-state index in [0.717, 1.165) is 67.9 Å². The maximum absolute atomic E-state index is 14.5. The third-order valence-electron chi connectivity index (χ3n) is 10.5. The van der Waals surface area contributed by atoms with Crippen molar-refractivity contribution in [3.05, 3.63) is 168 Å². The minimum Gasteiger partial charge on any atom is -0.309 e. The highest BCUT2D eigenvalue weighted by Crippen LogP contribution is 2.49. The monoisotopic (exact) mass is 724 g/mol. The molecule has 2 nitrogen and oxygen atoms in total. The van der Waals surface area contributed by atoms with Gasteiger partial charge in [-0.2, -0.15) is 26.3 Å². The van der Waals surface area contributed by atoms with E-state index in [-0.39, 0.29) is 11.1 Å². The second-order valence-electron chi connectivity index (χ2n) is 13.6. The highest BCUT2D eigenvalue weighted by molar-refractivity contribution is 6.12. The van der Waals surface area contributed by atoms with E-state index in [1.54, 1.807) is 12.1 Å². The molecule has 7 aromatic carbocycles. The van der Waals surface area contributed by atoms with Crippen LogP contribution in [0.3, 0.4) is 0 Å². The number of benzene rings is 7. The summed E-state index contributed by atoms with van der Waals surface area (Å²) in [6.45, 7) is 3.80. The minimum absolute atomic E-state index is 0.287. The van der Waals surface area contributed by atoms with E-state index in [1.807, 2.05) is 115 Å². The van der Waals surface area contributed by atoms with Gasteiger partial charge in [0.25, 0.3) is 0 Å². The van der Waals surface area contributed by atoms with Crippen LogP contribution in [0.15, 0.2) is 146 Å². The Morgan fingerprint density at radius 2 is 0.685 bits per heavy atom. The minimum atomic E-state index is -4.64. The Balaban J connectivity index is 1.56. The number of para-hydroxylation sites is 4. The van der Waals surface area contributed by atoms with Crippen molar-refractivity contribution in [3.63, 3.8) is 0 Å². The van der Waals surface area contributed by atoms with Crippen molar-refractivity contribution < 1.29 is 26.3 Å². The van der Waals surface area contributed by atoms with Crippen molar-refractivity contribution in [1.82, 2.24) is 9.13 Å². The summed E-state index contributed by atoms with van der Waals surface area (Å²) in [6.07, 6.45) is -9.28. The highest BCUT2D eigenvalue weighted by Gasteiger charge is 2.34. The Morgan fingerprint density at radius 1 is 0.370 bits per heavy atom. The standard InChI is InChI=1S/C46H30F6N2/c1-27-41(29-13-11-15-31(25-29)45(47,48)49)44(54-39-23-9-5-19-35(39)36-20-6-10-24-40(36)54)42(30-14-12-16-32(26-30)46(50,51)52)28(2)43(27)53-37-21-7-3-17-33(37)34-18-4-8-22-38(34)53/h3-26H,1-2H3. The zero-order chi connectivity index (χ0) is 37.5. The Hall–Kier alpha value is -6.28. The quantitative estimate of drug-likeness (QED) is 0.160. The average molecular weight is 725 g/mol. The molecule has 8 heteroatoms.